The van der Waals surface area contributed by atoms with Gasteiger partial charge in [0.25, 0.3) is 0 Å². The van der Waals surface area contributed by atoms with Gasteiger partial charge in [0, 0.05) is 19.0 Å². The van der Waals surface area contributed by atoms with Crippen molar-refractivity contribution in [2.45, 2.75) is 19.3 Å². The minimum atomic E-state index is 0.441. The second-order valence-corrected chi connectivity index (χ2v) is 3.18. The summed E-state index contributed by atoms with van der Waals surface area (Å²) in [5, 5.41) is 0. The van der Waals surface area contributed by atoms with Crippen molar-refractivity contribution < 1.29 is 4.74 Å². The van der Waals surface area contributed by atoms with Gasteiger partial charge >= 0.3 is 0 Å². The molecule has 0 aromatic rings. The zero-order chi connectivity index (χ0) is 7.14. The molecule has 2 heterocycles. The molecular formula is C8H13NO. The fourth-order valence-corrected chi connectivity index (χ4v) is 1.46. The predicted molar refractivity (Wildman–Crippen MR) is 39.6 cm³/mol. The Hall–Kier alpha value is -0.340. The molecule has 2 rings (SSSR count). The van der Waals surface area contributed by atoms with Gasteiger partial charge in [-0.25, -0.2) is 0 Å². The third-order valence-corrected chi connectivity index (χ3v) is 2.31. The molecule has 2 aliphatic heterocycles. The molecule has 2 aliphatic rings. The van der Waals surface area contributed by atoms with Crippen molar-refractivity contribution in [2.24, 2.45) is 5.92 Å². The van der Waals surface area contributed by atoms with Crippen LogP contribution in [0.25, 0.3) is 0 Å². The number of likely N-dealkylation sites (tertiary alicyclic amines) is 1. The van der Waals surface area contributed by atoms with E-state index < -0.39 is 0 Å². The molecule has 0 amide bonds. The molecule has 2 nitrogen and oxygen atoms in total. The maximum absolute atomic E-state index is 5.31. The van der Waals surface area contributed by atoms with Crippen LogP contribution in [-0.2, 0) is 4.74 Å². The van der Waals surface area contributed by atoms with Gasteiger partial charge in [-0.1, -0.05) is 6.08 Å². The van der Waals surface area contributed by atoms with E-state index in [0.29, 0.717) is 12.3 Å². The molecule has 10 heavy (non-hydrogen) atoms. The second-order valence-electron chi connectivity index (χ2n) is 3.18. The first-order chi connectivity index (χ1) is 4.81. The van der Waals surface area contributed by atoms with Crippen molar-refractivity contribution in [1.82, 2.24) is 4.90 Å². The minimum Gasteiger partial charge on any atom is -0.353 e. The van der Waals surface area contributed by atoms with Crippen molar-refractivity contribution >= 4 is 0 Å². The Bertz CT molecular complexity index is 151. The number of ether oxygens (including phenoxy) is 1. The van der Waals surface area contributed by atoms with E-state index in [1.807, 2.05) is 6.08 Å². The highest BCUT2D eigenvalue weighted by Crippen LogP contribution is 2.31. The molecule has 2 fully saturated rings. The highest BCUT2D eigenvalue weighted by Gasteiger charge is 2.44. The van der Waals surface area contributed by atoms with Gasteiger partial charge in [-0.05, 0) is 6.92 Å². The van der Waals surface area contributed by atoms with E-state index in [1.165, 1.54) is 0 Å². The highest BCUT2D eigenvalue weighted by molar-refractivity contribution is 4.96. The first kappa shape index (κ1) is 6.38. The molecule has 2 saturated heterocycles. The van der Waals surface area contributed by atoms with Crippen molar-refractivity contribution in [3.63, 3.8) is 0 Å². The molecule has 0 N–H and O–H groups in total. The Labute approximate surface area is 61.5 Å². The standard InChI is InChI=1S/C8H13NO/c1-3-7-4-9(5-7)8-6(2)10-8/h3,6-8H,1,4-5H2,2H3. The Morgan fingerprint density at radius 2 is 2.20 bits per heavy atom. The highest BCUT2D eigenvalue weighted by atomic mass is 16.6. The lowest BCUT2D eigenvalue weighted by molar-refractivity contribution is 0.0726. The van der Waals surface area contributed by atoms with E-state index in [1.54, 1.807) is 0 Å². The summed E-state index contributed by atoms with van der Waals surface area (Å²) >= 11 is 0. The summed E-state index contributed by atoms with van der Waals surface area (Å²) in [5.41, 5.74) is 0. The smallest absolute Gasteiger partial charge is 0.137 e. The average Bonchev–Trinajstić information content (AvgIpc) is 2.45. The minimum absolute atomic E-state index is 0.441. The summed E-state index contributed by atoms with van der Waals surface area (Å²) in [4.78, 5) is 2.36. The van der Waals surface area contributed by atoms with Crippen LogP contribution in [0.1, 0.15) is 6.92 Å². The lowest BCUT2D eigenvalue weighted by atomic mass is 10.0. The predicted octanol–water partition coefficient (Wildman–Crippen LogP) is 0.849. The first-order valence-electron chi connectivity index (χ1n) is 3.83. The topological polar surface area (TPSA) is 15.8 Å². The molecule has 0 aromatic heterocycles. The quantitative estimate of drug-likeness (QED) is 0.416. The van der Waals surface area contributed by atoms with Crippen LogP contribution in [0, 0.1) is 5.92 Å². The zero-order valence-corrected chi connectivity index (χ0v) is 6.29. The lowest BCUT2D eigenvalue weighted by Crippen LogP contribution is -2.47. The summed E-state index contributed by atoms with van der Waals surface area (Å²) in [5.74, 6) is 0.719. The molecular weight excluding hydrogens is 126 g/mol. The Morgan fingerprint density at radius 1 is 1.60 bits per heavy atom. The Morgan fingerprint density at radius 3 is 2.60 bits per heavy atom. The monoisotopic (exact) mass is 139 g/mol. The lowest BCUT2D eigenvalue weighted by Gasteiger charge is -2.36. The second kappa shape index (κ2) is 2.07. The van der Waals surface area contributed by atoms with E-state index in [4.69, 9.17) is 4.74 Å². The molecule has 0 aromatic carbocycles. The van der Waals surface area contributed by atoms with Crippen molar-refractivity contribution in [2.75, 3.05) is 13.1 Å². The van der Waals surface area contributed by atoms with Gasteiger partial charge in [-0.3, -0.25) is 4.90 Å². The first-order valence-corrected chi connectivity index (χ1v) is 3.83. The number of hydrogen-bond acceptors (Lipinski definition) is 2. The van der Waals surface area contributed by atoms with Crippen LogP contribution >= 0.6 is 0 Å². The molecule has 56 valence electrons. The molecule has 2 unspecified atom stereocenters. The van der Waals surface area contributed by atoms with Gasteiger partial charge in [0.2, 0.25) is 0 Å². The van der Waals surface area contributed by atoms with Gasteiger partial charge in [-0.2, -0.15) is 0 Å². The number of nitrogens with zero attached hydrogens (tertiary/aromatic N) is 1. The molecule has 0 saturated carbocycles. The van der Waals surface area contributed by atoms with Gasteiger partial charge in [0.1, 0.15) is 6.23 Å². The molecule has 0 bridgehead atoms. The summed E-state index contributed by atoms with van der Waals surface area (Å²) in [6.07, 6.45) is 2.95. The van der Waals surface area contributed by atoms with Crippen LogP contribution in [0.15, 0.2) is 12.7 Å². The van der Waals surface area contributed by atoms with Crippen molar-refractivity contribution in [3.05, 3.63) is 12.7 Å². The van der Waals surface area contributed by atoms with Crippen molar-refractivity contribution in [1.29, 1.82) is 0 Å². The van der Waals surface area contributed by atoms with Crippen molar-refractivity contribution in [3.8, 4) is 0 Å². The van der Waals surface area contributed by atoms with Gasteiger partial charge in [0.05, 0.1) is 6.10 Å². The van der Waals surface area contributed by atoms with E-state index in [-0.39, 0.29) is 0 Å². The summed E-state index contributed by atoms with van der Waals surface area (Å²) < 4.78 is 5.31. The zero-order valence-electron chi connectivity index (χ0n) is 6.29. The summed E-state index contributed by atoms with van der Waals surface area (Å²) in [7, 11) is 0. The SMILES string of the molecule is C=CC1CN(C2OC2C)C1. The van der Waals surface area contributed by atoms with Crippen LogP contribution in [0.4, 0.5) is 0 Å². The molecule has 0 spiro atoms. The van der Waals surface area contributed by atoms with Gasteiger partial charge < -0.3 is 4.74 Å². The van der Waals surface area contributed by atoms with E-state index in [2.05, 4.69) is 18.4 Å². The normalized spacial score (nSPS) is 40.9. The maximum atomic E-state index is 5.31. The number of rotatable bonds is 2. The summed E-state index contributed by atoms with van der Waals surface area (Å²) in [6, 6.07) is 0. The number of epoxide rings is 1. The Kier molecular flexibility index (Phi) is 1.32. The average molecular weight is 139 g/mol. The summed E-state index contributed by atoms with van der Waals surface area (Å²) in [6.45, 7) is 8.17. The van der Waals surface area contributed by atoms with E-state index in [0.717, 1.165) is 19.0 Å². The molecule has 0 aliphatic carbocycles. The maximum Gasteiger partial charge on any atom is 0.137 e. The molecule has 2 atom stereocenters. The van der Waals surface area contributed by atoms with Gasteiger partial charge in [-0.15, -0.1) is 6.58 Å². The van der Waals surface area contributed by atoms with Crippen LogP contribution in [0.5, 0.6) is 0 Å². The van der Waals surface area contributed by atoms with E-state index >= 15 is 0 Å². The third kappa shape index (κ3) is 0.879. The number of hydrogen-bond donors (Lipinski definition) is 0. The van der Waals surface area contributed by atoms with E-state index in [9.17, 15) is 0 Å². The molecule has 0 radical (unpaired) electrons. The van der Waals surface area contributed by atoms with Crippen LogP contribution in [0.3, 0.4) is 0 Å². The fourth-order valence-electron chi connectivity index (χ4n) is 1.46. The Balaban J connectivity index is 1.76. The van der Waals surface area contributed by atoms with Crippen LogP contribution in [-0.4, -0.2) is 30.3 Å². The molecule has 2 heteroatoms. The fraction of sp³-hybridized carbons (Fsp3) is 0.750. The van der Waals surface area contributed by atoms with Crippen LogP contribution in [0.2, 0.25) is 0 Å². The largest absolute Gasteiger partial charge is 0.353 e. The third-order valence-electron chi connectivity index (χ3n) is 2.31. The van der Waals surface area contributed by atoms with Crippen LogP contribution < -0.4 is 0 Å². The van der Waals surface area contributed by atoms with Gasteiger partial charge in [0.15, 0.2) is 0 Å².